The number of benzene rings is 1. The Morgan fingerprint density at radius 2 is 2.20 bits per heavy atom. The molecule has 0 amide bonds. The topological polar surface area (TPSA) is 83.7 Å². The Bertz CT molecular complexity index is 475. The zero-order valence-electron chi connectivity index (χ0n) is 11.7. The molecule has 0 saturated carbocycles. The largest absolute Gasteiger partial charge is 0.478 e. The van der Waals surface area contributed by atoms with Gasteiger partial charge in [-0.3, -0.25) is 10.1 Å². The van der Waals surface area contributed by atoms with Gasteiger partial charge in [0.15, 0.2) is 0 Å². The van der Waals surface area contributed by atoms with Gasteiger partial charge in [-0.1, -0.05) is 13.0 Å². The molecule has 0 bridgehead atoms. The molecule has 0 aliphatic carbocycles. The number of anilines is 1. The number of carboxylic acids is 1. The Hall–Kier alpha value is -1.76. The average Bonchev–Trinajstić information content (AvgIpc) is 2.42. The normalized spacial score (nSPS) is 11.9. The summed E-state index contributed by atoms with van der Waals surface area (Å²) in [5.74, 6) is -0.382. The highest BCUT2D eigenvalue weighted by Gasteiger charge is 2.27. The van der Waals surface area contributed by atoms with Crippen molar-refractivity contribution in [2.75, 3.05) is 24.0 Å². The molecule has 0 heterocycles. The average molecular weight is 298 g/mol. The van der Waals surface area contributed by atoms with Gasteiger partial charge in [0, 0.05) is 24.9 Å². The van der Waals surface area contributed by atoms with Gasteiger partial charge in [0.25, 0.3) is 5.69 Å². The molecule has 110 valence electrons. The lowest BCUT2D eigenvalue weighted by atomic mass is 10.1. The summed E-state index contributed by atoms with van der Waals surface area (Å²) >= 11 is 1.63. The summed E-state index contributed by atoms with van der Waals surface area (Å²) < 4.78 is 0. The molecule has 1 aromatic carbocycles. The summed E-state index contributed by atoms with van der Waals surface area (Å²) in [4.78, 5) is 23.6. The molecule has 1 N–H and O–H groups in total. The summed E-state index contributed by atoms with van der Waals surface area (Å²) in [5.41, 5.74) is -0.0425. The van der Waals surface area contributed by atoms with Crippen molar-refractivity contribution in [3.63, 3.8) is 0 Å². The molecular weight excluding hydrogens is 280 g/mol. The summed E-state index contributed by atoms with van der Waals surface area (Å²) in [6.07, 6.45) is 2.73. The molecule has 0 aliphatic heterocycles. The van der Waals surface area contributed by atoms with E-state index in [-0.39, 0.29) is 23.0 Å². The van der Waals surface area contributed by atoms with E-state index in [1.54, 1.807) is 23.7 Å². The van der Waals surface area contributed by atoms with Crippen molar-refractivity contribution in [1.82, 2.24) is 0 Å². The number of nitro benzene ring substituents is 1. The number of thioether (sulfide) groups is 1. The van der Waals surface area contributed by atoms with E-state index in [9.17, 15) is 20.0 Å². The predicted octanol–water partition coefficient (Wildman–Crippen LogP) is 2.87. The van der Waals surface area contributed by atoms with E-state index < -0.39 is 10.9 Å². The van der Waals surface area contributed by atoms with E-state index in [2.05, 4.69) is 0 Å². The minimum Gasteiger partial charge on any atom is -0.478 e. The first-order valence-electron chi connectivity index (χ1n) is 6.16. The molecule has 0 fully saturated rings. The van der Waals surface area contributed by atoms with Crippen molar-refractivity contribution in [3.8, 4) is 0 Å². The van der Waals surface area contributed by atoms with E-state index in [0.29, 0.717) is 0 Å². The van der Waals surface area contributed by atoms with Gasteiger partial charge in [0.2, 0.25) is 0 Å². The Labute approximate surface area is 121 Å². The first kappa shape index (κ1) is 16.3. The van der Waals surface area contributed by atoms with Gasteiger partial charge >= 0.3 is 5.97 Å². The molecule has 0 saturated heterocycles. The van der Waals surface area contributed by atoms with Crippen molar-refractivity contribution in [3.05, 3.63) is 33.9 Å². The van der Waals surface area contributed by atoms with Crippen LogP contribution in [0.3, 0.4) is 0 Å². The zero-order chi connectivity index (χ0) is 15.3. The van der Waals surface area contributed by atoms with Crippen molar-refractivity contribution in [2.24, 2.45) is 0 Å². The highest BCUT2D eigenvalue weighted by atomic mass is 32.2. The maximum Gasteiger partial charge on any atom is 0.338 e. The molecule has 1 atom stereocenters. The number of aromatic carboxylic acids is 1. The minimum absolute atomic E-state index is 0.0405. The molecule has 1 unspecified atom stereocenters. The highest BCUT2D eigenvalue weighted by molar-refractivity contribution is 7.98. The third-order valence-electron chi connectivity index (χ3n) is 3.17. The van der Waals surface area contributed by atoms with E-state index in [4.69, 9.17) is 0 Å². The van der Waals surface area contributed by atoms with Crippen LogP contribution in [0.1, 0.15) is 23.7 Å². The lowest BCUT2D eigenvalue weighted by Gasteiger charge is -2.29. The molecule has 0 spiro atoms. The number of rotatable bonds is 7. The summed E-state index contributed by atoms with van der Waals surface area (Å²) in [6.45, 7) is 1.98. The molecule has 1 rings (SSSR count). The van der Waals surface area contributed by atoms with Crippen molar-refractivity contribution in [1.29, 1.82) is 0 Å². The molecule has 0 radical (unpaired) electrons. The number of nitro groups is 1. The fraction of sp³-hybridized carbons (Fsp3) is 0.462. The fourth-order valence-electron chi connectivity index (χ4n) is 2.10. The lowest BCUT2D eigenvalue weighted by Crippen LogP contribution is -2.34. The Morgan fingerprint density at radius 3 is 2.65 bits per heavy atom. The van der Waals surface area contributed by atoms with Gasteiger partial charge in [-0.15, -0.1) is 0 Å². The molecule has 7 heteroatoms. The van der Waals surface area contributed by atoms with E-state index >= 15 is 0 Å². The summed E-state index contributed by atoms with van der Waals surface area (Å²) in [5, 5.41) is 20.4. The maximum absolute atomic E-state index is 11.3. The number of hydrogen-bond donors (Lipinski definition) is 1. The van der Waals surface area contributed by atoms with Crippen LogP contribution in [0.5, 0.6) is 0 Å². The van der Waals surface area contributed by atoms with Crippen LogP contribution in [0.2, 0.25) is 0 Å². The van der Waals surface area contributed by atoms with Crippen LogP contribution in [0.4, 0.5) is 11.4 Å². The van der Waals surface area contributed by atoms with Crippen LogP contribution in [0.15, 0.2) is 18.2 Å². The van der Waals surface area contributed by atoms with E-state index in [1.165, 1.54) is 18.2 Å². The highest BCUT2D eigenvalue weighted by Crippen LogP contribution is 2.33. The standard InChI is InChI=1S/C13H18N2O4S/c1-4-9(8-20-3)14(2)12-10(13(16)17)6-5-7-11(12)15(18)19/h5-7,9H,4,8H2,1-3H3,(H,16,17). The molecule has 1 aromatic rings. The Balaban J connectivity index is 3.38. The van der Waals surface area contributed by atoms with Gasteiger partial charge in [-0.25, -0.2) is 4.79 Å². The van der Waals surface area contributed by atoms with Gasteiger partial charge in [-0.05, 0) is 18.7 Å². The molecular formula is C13H18N2O4S. The quantitative estimate of drug-likeness (QED) is 0.615. The van der Waals surface area contributed by atoms with E-state index in [0.717, 1.165) is 12.2 Å². The van der Waals surface area contributed by atoms with Gasteiger partial charge in [0.05, 0.1) is 10.5 Å². The van der Waals surface area contributed by atoms with Crippen molar-refractivity contribution >= 4 is 29.1 Å². The second kappa shape index (κ2) is 7.14. The van der Waals surface area contributed by atoms with Gasteiger partial charge in [-0.2, -0.15) is 11.8 Å². The minimum atomic E-state index is -1.16. The molecule has 0 aromatic heterocycles. The fourth-order valence-corrected chi connectivity index (χ4v) is 2.94. The van der Waals surface area contributed by atoms with Gasteiger partial charge < -0.3 is 10.0 Å². The smallest absolute Gasteiger partial charge is 0.338 e. The molecule has 20 heavy (non-hydrogen) atoms. The second-order valence-electron chi connectivity index (χ2n) is 4.36. The number of para-hydroxylation sites is 1. The third kappa shape index (κ3) is 3.41. The van der Waals surface area contributed by atoms with Gasteiger partial charge in [0.1, 0.15) is 5.69 Å². The van der Waals surface area contributed by atoms with Crippen LogP contribution < -0.4 is 4.90 Å². The molecule has 6 nitrogen and oxygen atoms in total. The van der Waals surface area contributed by atoms with E-state index in [1.807, 2.05) is 13.2 Å². The summed E-state index contributed by atoms with van der Waals surface area (Å²) in [7, 11) is 1.71. The van der Waals surface area contributed by atoms with Crippen molar-refractivity contribution < 1.29 is 14.8 Å². The predicted molar refractivity (Wildman–Crippen MR) is 80.9 cm³/mol. The number of hydrogen-bond acceptors (Lipinski definition) is 5. The monoisotopic (exact) mass is 298 g/mol. The van der Waals surface area contributed by atoms with Crippen LogP contribution in [-0.4, -0.2) is 41.1 Å². The summed E-state index contributed by atoms with van der Waals surface area (Å²) in [6, 6.07) is 4.18. The lowest BCUT2D eigenvalue weighted by molar-refractivity contribution is -0.384. The molecule has 0 aliphatic rings. The maximum atomic E-state index is 11.3. The van der Waals surface area contributed by atoms with Crippen LogP contribution in [-0.2, 0) is 0 Å². The SMILES string of the molecule is CCC(CSC)N(C)c1c(C(=O)O)cccc1[N+](=O)[O-]. The Morgan fingerprint density at radius 1 is 1.55 bits per heavy atom. The zero-order valence-corrected chi connectivity index (χ0v) is 12.5. The number of carboxylic acid groups (broad SMARTS) is 1. The van der Waals surface area contributed by atoms with Crippen LogP contribution >= 0.6 is 11.8 Å². The van der Waals surface area contributed by atoms with Crippen LogP contribution in [0.25, 0.3) is 0 Å². The first-order valence-corrected chi connectivity index (χ1v) is 7.55. The second-order valence-corrected chi connectivity index (χ2v) is 5.27. The first-order chi connectivity index (χ1) is 9.43. The third-order valence-corrected chi connectivity index (χ3v) is 3.89. The van der Waals surface area contributed by atoms with Crippen molar-refractivity contribution in [2.45, 2.75) is 19.4 Å². The van der Waals surface area contributed by atoms with Crippen LogP contribution in [0, 0.1) is 10.1 Å². The Kier molecular flexibility index (Phi) is 5.82. The number of nitrogens with zero attached hydrogens (tertiary/aromatic N) is 2. The number of carbonyl (C=O) groups is 1.